The van der Waals surface area contributed by atoms with E-state index in [9.17, 15) is 0 Å². The summed E-state index contributed by atoms with van der Waals surface area (Å²) in [7, 11) is 0. The topological polar surface area (TPSA) is 0 Å². The van der Waals surface area contributed by atoms with E-state index < -0.39 is 0 Å². The second-order valence-electron chi connectivity index (χ2n) is 6.88. The van der Waals surface area contributed by atoms with Crippen molar-refractivity contribution in [3.8, 4) is 0 Å². The van der Waals surface area contributed by atoms with E-state index in [-0.39, 0.29) is 0 Å². The zero-order chi connectivity index (χ0) is 10.3. The van der Waals surface area contributed by atoms with Crippen molar-refractivity contribution in [1.29, 1.82) is 0 Å². The van der Waals surface area contributed by atoms with Gasteiger partial charge >= 0.3 is 0 Å². The Balaban J connectivity index is 2.76. The number of hydrogen-bond acceptors (Lipinski definition) is 0. The molecule has 0 bridgehead atoms. The monoisotopic (exact) mass is 182 g/mol. The van der Waals surface area contributed by atoms with Gasteiger partial charge in [-0.15, -0.1) is 0 Å². The highest BCUT2D eigenvalue weighted by Gasteiger charge is 2.41. The molecule has 1 unspecified atom stereocenters. The quantitative estimate of drug-likeness (QED) is 0.517. The van der Waals surface area contributed by atoms with E-state index in [0.717, 1.165) is 11.8 Å². The summed E-state index contributed by atoms with van der Waals surface area (Å²) in [5.41, 5.74) is 1.02. The molecule has 0 heterocycles. The summed E-state index contributed by atoms with van der Waals surface area (Å²) in [6, 6.07) is 0. The van der Waals surface area contributed by atoms with Gasteiger partial charge in [0.2, 0.25) is 0 Å². The predicted molar refractivity (Wildman–Crippen MR) is 59.7 cm³/mol. The van der Waals surface area contributed by atoms with E-state index in [0.29, 0.717) is 10.8 Å². The summed E-state index contributed by atoms with van der Waals surface area (Å²) < 4.78 is 0. The van der Waals surface area contributed by atoms with E-state index in [2.05, 4.69) is 41.5 Å². The molecule has 2 atom stereocenters. The van der Waals surface area contributed by atoms with Crippen molar-refractivity contribution in [2.45, 2.75) is 60.8 Å². The molecule has 0 aromatic heterocycles. The Labute approximate surface area is 84.1 Å². The van der Waals surface area contributed by atoms with Crippen LogP contribution in [0.1, 0.15) is 60.8 Å². The zero-order valence-corrected chi connectivity index (χ0v) is 10.3. The van der Waals surface area contributed by atoms with Gasteiger partial charge in [-0.1, -0.05) is 48.0 Å². The van der Waals surface area contributed by atoms with Gasteiger partial charge in [-0.25, -0.2) is 0 Å². The molecule has 13 heavy (non-hydrogen) atoms. The molecule has 0 nitrogen and oxygen atoms in total. The van der Waals surface area contributed by atoms with Crippen LogP contribution in [0, 0.1) is 22.7 Å². The van der Waals surface area contributed by atoms with E-state index >= 15 is 0 Å². The van der Waals surface area contributed by atoms with Gasteiger partial charge in [-0.2, -0.15) is 0 Å². The van der Waals surface area contributed by atoms with Gasteiger partial charge in [0.25, 0.3) is 0 Å². The van der Waals surface area contributed by atoms with Gasteiger partial charge in [0.15, 0.2) is 0 Å². The third-order valence-corrected chi connectivity index (χ3v) is 3.74. The van der Waals surface area contributed by atoms with Crippen molar-refractivity contribution in [3.05, 3.63) is 0 Å². The fraction of sp³-hybridized carbons (Fsp3) is 1.00. The smallest absolute Gasteiger partial charge is 0.0332 e. The largest absolute Gasteiger partial charge is 0.0599 e. The minimum Gasteiger partial charge on any atom is -0.0599 e. The lowest BCUT2D eigenvalue weighted by Crippen LogP contribution is -2.32. The lowest BCUT2D eigenvalue weighted by atomic mass is 9.66. The van der Waals surface area contributed by atoms with Crippen LogP contribution in [0.25, 0.3) is 0 Å². The van der Waals surface area contributed by atoms with Crippen molar-refractivity contribution in [1.82, 2.24) is 0 Å². The normalized spacial score (nSPS) is 30.9. The van der Waals surface area contributed by atoms with Crippen LogP contribution >= 0.6 is 0 Å². The second kappa shape index (κ2) is 3.29. The fourth-order valence-corrected chi connectivity index (χ4v) is 3.03. The molecule has 78 valence electrons. The van der Waals surface area contributed by atoms with Gasteiger partial charge in [0.1, 0.15) is 0 Å². The lowest BCUT2D eigenvalue weighted by Gasteiger charge is -2.39. The van der Waals surface area contributed by atoms with Gasteiger partial charge in [0, 0.05) is 0 Å². The average molecular weight is 182 g/mol. The van der Waals surface area contributed by atoms with Crippen molar-refractivity contribution in [3.63, 3.8) is 0 Å². The molecule has 0 spiro atoms. The van der Waals surface area contributed by atoms with Crippen molar-refractivity contribution < 1.29 is 0 Å². The third-order valence-electron chi connectivity index (χ3n) is 3.74. The molecular weight excluding hydrogens is 156 g/mol. The minimum atomic E-state index is 0.508. The highest BCUT2D eigenvalue weighted by atomic mass is 14.5. The lowest BCUT2D eigenvalue weighted by molar-refractivity contribution is 0.0992. The highest BCUT2D eigenvalue weighted by molar-refractivity contribution is 4.91. The molecule has 0 aromatic rings. The molecule has 1 aliphatic carbocycles. The van der Waals surface area contributed by atoms with Crippen molar-refractivity contribution in [2.24, 2.45) is 22.7 Å². The molecule has 0 aliphatic heterocycles. The summed E-state index contributed by atoms with van der Waals surface area (Å²) in [4.78, 5) is 0. The first-order valence-corrected chi connectivity index (χ1v) is 5.73. The van der Waals surface area contributed by atoms with Crippen LogP contribution in [-0.2, 0) is 0 Å². The molecule has 0 N–H and O–H groups in total. The summed E-state index contributed by atoms with van der Waals surface area (Å²) >= 11 is 0. The van der Waals surface area contributed by atoms with E-state index in [4.69, 9.17) is 0 Å². The zero-order valence-electron chi connectivity index (χ0n) is 10.3. The molecule has 1 fully saturated rings. The number of rotatable bonds is 0. The van der Waals surface area contributed by atoms with E-state index in [1.807, 2.05) is 0 Å². The van der Waals surface area contributed by atoms with Gasteiger partial charge in [-0.05, 0) is 35.5 Å². The van der Waals surface area contributed by atoms with Crippen molar-refractivity contribution >= 4 is 0 Å². The average Bonchev–Trinajstić information content (AvgIpc) is 2.27. The molecule has 0 saturated heterocycles. The number of hydrogen-bond donors (Lipinski definition) is 0. The second-order valence-corrected chi connectivity index (χ2v) is 6.88. The Hall–Kier alpha value is 0. The maximum Gasteiger partial charge on any atom is -0.0332 e. The maximum atomic E-state index is 2.40. The Morgan fingerprint density at radius 2 is 1.00 bits per heavy atom. The highest BCUT2D eigenvalue weighted by Crippen LogP contribution is 2.50. The van der Waals surface area contributed by atoms with Crippen LogP contribution in [0.2, 0.25) is 0 Å². The Morgan fingerprint density at radius 1 is 0.692 bits per heavy atom. The maximum absolute atomic E-state index is 2.40. The minimum absolute atomic E-state index is 0.508. The summed E-state index contributed by atoms with van der Waals surface area (Å²) in [6.07, 6.45) is 4.35. The van der Waals surface area contributed by atoms with E-state index in [1.54, 1.807) is 0 Å². The van der Waals surface area contributed by atoms with E-state index in [1.165, 1.54) is 19.3 Å². The molecule has 1 saturated carbocycles. The van der Waals surface area contributed by atoms with Gasteiger partial charge in [-0.3, -0.25) is 0 Å². The van der Waals surface area contributed by atoms with Crippen LogP contribution in [0.4, 0.5) is 0 Å². The molecule has 0 heteroatoms. The predicted octanol–water partition coefficient (Wildman–Crippen LogP) is 4.49. The van der Waals surface area contributed by atoms with Crippen molar-refractivity contribution in [2.75, 3.05) is 0 Å². The van der Waals surface area contributed by atoms with Gasteiger partial charge in [0.05, 0.1) is 0 Å². The van der Waals surface area contributed by atoms with Gasteiger partial charge < -0.3 is 0 Å². The fourth-order valence-electron chi connectivity index (χ4n) is 3.03. The molecule has 0 amide bonds. The molecule has 1 rings (SSSR count). The first kappa shape index (κ1) is 11.1. The Bertz CT molecular complexity index is 145. The first-order chi connectivity index (χ1) is 5.73. The molecule has 1 aliphatic rings. The van der Waals surface area contributed by atoms with Crippen LogP contribution in [0.15, 0.2) is 0 Å². The van der Waals surface area contributed by atoms with Crippen LogP contribution in [-0.4, -0.2) is 0 Å². The summed E-state index contributed by atoms with van der Waals surface area (Å²) in [6.45, 7) is 14.4. The Kier molecular flexibility index (Phi) is 2.81. The SMILES string of the molecule is CC(C)(C)C1CCC[C@@H]1C(C)(C)C. The molecule has 0 aromatic carbocycles. The third kappa shape index (κ3) is 2.48. The van der Waals surface area contributed by atoms with Crippen LogP contribution in [0.3, 0.4) is 0 Å². The molecular formula is C13H26. The van der Waals surface area contributed by atoms with Crippen LogP contribution < -0.4 is 0 Å². The summed E-state index contributed by atoms with van der Waals surface area (Å²) in [5, 5.41) is 0. The van der Waals surface area contributed by atoms with Crippen LogP contribution in [0.5, 0.6) is 0 Å². The summed E-state index contributed by atoms with van der Waals surface area (Å²) in [5.74, 6) is 1.87. The Morgan fingerprint density at radius 3 is 1.23 bits per heavy atom. The standard InChI is InChI=1S/C13H26/c1-12(2,3)10-8-7-9-11(10)13(4,5)6/h10-11H,7-9H2,1-6H3/t10-,11?/m0/s1. The molecule has 0 radical (unpaired) electrons. The first-order valence-electron chi connectivity index (χ1n) is 5.73.